The first-order chi connectivity index (χ1) is 14.0. The fourth-order valence-electron chi connectivity index (χ4n) is 3.09. The van der Waals surface area contributed by atoms with E-state index >= 15 is 0 Å². The van der Waals surface area contributed by atoms with Crippen molar-refractivity contribution in [1.82, 2.24) is 10.2 Å². The average Bonchev–Trinajstić information content (AvgIpc) is 2.75. The van der Waals surface area contributed by atoms with Crippen LogP contribution in [-0.2, 0) is 27.3 Å². The molecule has 1 N–H and O–H groups in total. The van der Waals surface area contributed by atoms with E-state index < -0.39 is 6.04 Å². The van der Waals surface area contributed by atoms with E-state index in [-0.39, 0.29) is 11.8 Å². The molecule has 0 spiro atoms. The van der Waals surface area contributed by atoms with Gasteiger partial charge in [-0.2, -0.15) is 0 Å². The van der Waals surface area contributed by atoms with E-state index in [1.165, 1.54) is 0 Å². The van der Waals surface area contributed by atoms with E-state index in [0.717, 1.165) is 17.5 Å². The third kappa shape index (κ3) is 7.52. The minimum absolute atomic E-state index is 0.0621. The number of carbonyl (C=O) groups excluding carboxylic acids is 2. The number of methoxy groups -OCH3 is 1. The smallest absolute Gasteiger partial charge is 0.243 e. The van der Waals surface area contributed by atoms with E-state index in [0.29, 0.717) is 37.6 Å². The first-order valence-corrected chi connectivity index (χ1v) is 10.3. The third-order valence-corrected chi connectivity index (χ3v) is 4.92. The summed E-state index contributed by atoms with van der Waals surface area (Å²) >= 11 is 5.99. The van der Waals surface area contributed by atoms with Gasteiger partial charge in [-0.25, -0.2) is 0 Å². The van der Waals surface area contributed by atoms with Crippen molar-refractivity contribution < 1.29 is 14.3 Å². The molecule has 0 fully saturated rings. The summed E-state index contributed by atoms with van der Waals surface area (Å²) in [5, 5.41) is 3.60. The lowest BCUT2D eigenvalue weighted by atomic mass is 10.0. The first kappa shape index (κ1) is 22.9. The van der Waals surface area contributed by atoms with E-state index in [4.69, 9.17) is 16.3 Å². The molecule has 0 aliphatic rings. The van der Waals surface area contributed by atoms with Crippen molar-refractivity contribution in [2.24, 2.45) is 0 Å². The maximum absolute atomic E-state index is 13.0. The SMILES string of the molecule is CCC(=O)N(Cc1ccc(Cl)cc1)[C@H](Cc1ccccc1)C(=O)NCCCOC. The zero-order valence-electron chi connectivity index (χ0n) is 17.1. The predicted molar refractivity (Wildman–Crippen MR) is 116 cm³/mol. The van der Waals surface area contributed by atoms with Gasteiger partial charge in [0.05, 0.1) is 0 Å². The van der Waals surface area contributed by atoms with Crippen molar-refractivity contribution >= 4 is 23.4 Å². The molecule has 1 atom stereocenters. The second-order valence-corrected chi connectivity index (χ2v) is 7.28. The van der Waals surface area contributed by atoms with Gasteiger partial charge in [-0.15, -0.1) is 0 Å². The first-order valence-electron chi connectivity index (χ1n) is 9.89. The highest BCUT2D eigenvalue weighted by Crippen LogP contribution is 2.17. The van der Waals surface area contributed by atoms with Gasteiger partial charge in [0, 0.05) is 44.7 Å². The highest BCUT2D eigenvalue weighted by Gasteiger charge is 2.29. The Morgan fingerprint density at radius 3 is 2.38 bits per heavy atom. The third-order valence-electron chi connectivity index (χ3n) is 4.66. The minimum Gasteiger partial charge on any atom is -0.385 e. The van der Waals surface area contributed by atoms with Gasteiger partial charge in [0.1, 0.15) is 6.04 Å². The Morgan fingerprint density at radius 2 is 1.76 bits per heavy atom. The van der Waals surface area contributed by atoms with Crippen LogP contribution in [0.3, 0.4) is 0 Å². The lowest BCUT2D eigenvalue weighted by Crippen LogP contribution is -2.50. The Kier molecular flexibility index (Phi) is 9.68. The fourth-order valence-corrected chi connectivity index (χ4v) is 3.22. The Balaban J connectivity index is 2.25. The van der Waals surface area contributed by atoms with Crippen LogP contribution >= 0.6 is 11.6 Å². The molecule has 2 rings (SSSR count). The second kappa shape index (κ2) is 12.2. The Hall–Kier alpha value is -2.37. The molecule has 0 aromatic heterocycles. The van der Waals surface area contributed by atoms with Crippen molar-refractivity contribution in [2.75, 3.05) is 20.3 Å². The lowest BCUT2D eigenvalue weighted by molar-refractivity contribution is -0.141. The number of ether oxygens (including phenoxy) is 1. The van der Waals surface area contributed by atoms with Crippen LogP contribution in [0.4, 0.5) is 0 Å². The standard InChI is InChI=1S/C23H29ClN2O3/c1-3-22(27)26(17-19-10-12-20(24)13-11-19)21(16-18-8-5-4-6-9-18)23(28)25-14-7-15-29-2/h4-6,8-13,21H,3,7,14-17H2,1-2H3,(H,25,28)/t21-/m1/s1. The number of hydrogen-bond donors (Lipinski definition) is 1. The summed E-state index contributed by atoms with van der Waals surface area (Å²) < 4.78 is 5.04. The predicted octanol–water partition coefficient (Wildman–Crippen LogP) is 3.84. The van der Waals surface area contributed by atoms with Crippen molar-refractivity contribution in [3.05, 3.63) is 70.7 Å². The zero-order valence-corrected chi connectivity index (χ0v) is 17.8. The molecule has 0 bridgehead atoms. The van der Waals surface area contributed by atoms with Crippen LogP contribution in [0.1, 0.15) is 30.9 Å². The van der Waals surface area contributed by atoms with Gasteiger partial charge in [0.25, 0.3) is 0 Å². The quantitative estimate of drug-likeness (QED) is 0.566. The number of rotatable bonds is 11. The number of nitrogens with zero attached hydrogens (tertiary/aromatic N) is 1. The van der Waals surface area contributed by atoms with Crippen molar-refractivity contribution in [3.8, 4) is 0 Å². The van der Waals surface area contributed by atoms with Crippen LogP contribution in [0.2, 0.25) is 5.02 Å². The molecule has 0 saturated heterocycles. The number of hydrogen-bond acceptors (Lipinski definition) is 3. The molecule has 29 heavy (non-hydrogen) atoms. The van der Waals surface area contributed by atoms with Gasteiger partial charge in [0.2, 0.25) is 11.8 Å². The maximum atomic E-state index is 13.0. The van der Waals surface area contributed by atoms with Crippen LogP contribution in [-0.4, -0.2) is 43.0 Å². The molecule has 0 unspecified atom stereocenters. The number of nitrogens with one attached hydrogen (secondary N) is 1. The summed E-state index contributed by atoms with van der Waals surface area (Å²) in [6.45, 7) is 3.25. The summed E-state index contributed by atoms with van der Waals surface area (Å²) in [5.41, 5.74) is 1.94. The van der Waals surface area contributed by atoms with Crippen LogP contribution in [0.25, 0.3) is 0 Å². The molecule has 2 aromatic rings. The van der Waals surface area contributed by atoms with Gasteiger partial charge >= 0.3 is 0 Å². The normalized spacial score (nSPS) is 11.7. The van der Waals surface area contributed by atoms with Crippen LogP contribution < -0.4 is 5.32 Å². The summed E-state index contributed by atoms with van der Waals surface area (Å²) in [4.78, 5) is 27.5. The fraction of sp³-hybridized carbons (Fsp3) is 0.391. The molecule has 5 nitrogen and oxygen atoms in total. The molecule has 2 amide bonds. The van der Waals surface area contributed by atoms with E-state index in [1.807, 2.05) is 49.4 Å². The molecule has 2 aromatic carbocycles. The molecule has 6 heteroatoms. The van der Waals surface area contributed by atoms with E-state index in [1.54, 1.807) is 24.1 Å². The summed E-state index contributed by atoms with van der Waals surface area (Å²) in [6.07, 6.45) is 1.51. The molecule has 0 heterocycles. The highest BCUT2D eigenvalue weighted by molar-refractivity contribution is 6.30. The average molecular weight is 417 g/mol. The molecule has 0 aliphatic carbocycles. The van der Waals surface area contributed by atoms with Gasteiger partial charge < -0.3 is 15.0 Å². The van der Waals surface area contributed by atoms with Gasteiger partial charge in [-0.3, -0.25) is 9.59 Å². The molecule has 0 radical (unpaired) electrons. The summed E-state index contributed by atoms with van der Waals surface area (Å²) in [5.74, 6) is -0.214. The monoisotopic (exact) mass is 416 g/mol. The Morgan fingerprint density at radius 1 is 1.07 bits per heavy atom. The Bertz CT molecular complexity index is 765. The Labute approximate surface area is 178 Å². The molecule has 156 valence electrons. The number of benzene rings is 2. The largest absolute Gasteiger partial charge is 0.385 e. The molecular weight excluding hydrogens is 388 g/mol. The van der Waals surface area contributed by atoms with Crippen molar-refractivity contribution in [1.29, 1.82) is 0 Å². The maximum Gasteiger partial charge on any atom is 0.243 e. The molecule has 0 aliphatic heterocycles. The van der Waals surface area contributed by atoms with E-state index in [9.17, 15) is 9.59 Å². The zero-order chi connectivity index (χ0) is 21.1. The van der Waals surface area contributed by atoms with Crippen molar-refractivity contribution in [2.45, 2.75) is 38.8 Å². The van der Waals surface area contributed by atoms with Gasteiger partial charge in [0.15, 0.2) is 0 Å². The van der Waals surface area contributed by atoms with Gasteiger partial charge in [-0.1, -0.05) is 61.0 Å². The van der Waals surface area contributed by atoms with Gasteiger partial charge in [-0.05, 0) is 29.7 Å². The minimum atomic E-state index is -0.594. The van der Waals surface area contributed by atoms with E-state index in [2.05, 4.69) is 5.32 Å². The summed E-state index contributed by atoms with van der Waals surface area (Å²) in [6, 6.07) is 16.5. The number of amides is 2. The van der Waals surface area contributed by atoms with Crippen LogP contribution in [0.15, 0.2) is 54.6 Å². The number of halogens is 1. The van der Waals surface area contributed by atoms with Crippen LogP contribution in [0, 0.1) is 0 Å². The molecular formula is C23H29ClN2O3. The summed E-state index contributed by atoms with van der Waals surface area (Å²) in [7, 11) is 1.63. The highest BCUT2D eigenvalue weighted by atomic mass is 35.5. The van der Waals surface area contributed by atoms with Crippen LogP contribution in [0.5, 0.6) is 0 Å². The second-order valence-electron chi connectivity index (χ2n) is 6.84. The lowest BCUT2D eigenvalue weighted by Gasteiger charge is -2.31. The molecule has 0 saturated carbocycles. The van der Waals surface area contributed by atoms with Crippen molar-refractivity contribution in [3.63, 3.8) is 0 Å². The topological polar surface area (TPSA) is 58.6 Å². The number of carbonyl (C=O) groups is 2.